The van der Waals surface area contributed by atoms with Crippen molar-refractivity contribution in [2.24, 2.45) is 4.99 Å². The Hall–Kier alpha value is -1.53. The van der Waals surface area contributed by atoms with Crippen molar-refractivity contribution in [1.29, 1.82) is 0 Å². The van der Waals surface area contributed by atoms with Gasteiger partial charge in [-0.25, -0.2) is 0 Å². The minimum absolute atomic E-state index is 0.302. The number of allylic oxidation sites excluding steroid dienone is 1. The molecule has 0 bridgehead atoms. The standard InChI is InChI=1S/C18H14Cl2N2OS2/c1-3-10-22-15-13(19)8-9-14(20)16(15)25-18(22)21-17(23)11-4-6-12(24-2)7-5-11/h3-9H,1,10H2,2H3. The number of amides is 1. The van der Waals surface area contributed by atoms with E-state index < -0.39 is 0 Å². The lowest BCUT2D eigenvalue weighted by atomic mass is 10.2. The van der Waals surface area contributed by atoms with E-state index in [9.17, 15) is 4.79 Å². The van der Waals surface area contributed by atoms with Gasteiger partial charge in [0, 0.05) is 17.0 Å². The average Bonchev–Trinajstić information content (AvgIpc) is 2.98. The van der Waals surface area contributed by atoms with Gasteiger partial charge in [-0.05, 0) is 42.7 Å². The van der Waals surface area contributed by atoms with Crippen LogP contribution in [0, 0.1) is 0 Å². The SMILES string of the molecule is C=CCn1c(=NC(=O)c2ccc(SC)cc2)sc2c(Cl)ccc(Cl)c21. The minimum atomic E-state index is -0.302. The van der Waals surface area contributed by atoms with Crippen LogP contribution in [0.4, 0.5) is 0 Å². The smallest absolute Gasteiger partial charge is 0.279 e. The molecule has 0 fully saturated rings. The molecule has 1 aromatic heterocycles. The fourth-order valence-corrected chi connectivity index (χ4v) is 4.44. The Kier molecular flexibility index (Phi) is 5.69. The van der Waals surface area contributed by atoms with Gasteiger partial charge >= 0.3 is 0 Å². The molecule has 0 aliphatic carbocycles. The summed E-state index contributed by atoms with van der Waals surface area (Å²) in [6.07, 6.45) is 3.73. The van der Waals surface area contributed by atoms with Crippen molar-refractivity contribution in [2.45, 2.75) is 11.4 Å². The van der Waals surface area contributed by atoms with E-state index >= 15 is 0 Å². The van der Waals surface area contributed by atoms with Crippen LogP contribution < -0.4 is 4.80 Å². The largest absolute Gasteiger partial charge is 0.311 e. The molecule has 0 aliphatic rings. The Morgan fingerprint density at radius 2 is 1.92 bits per heavy atom. The number of carbonyl (C=O) groups is 1. The number of carbonyl (C=O) groups excluding carboxylic acids is 1. The third kappa shape index (κ3) is 3.70. The fourth-order valence-electron chi connectivity index (χ4n) is 2.38. The lowest BCUT2D eigenvalue weighted by Crippen LogP contribution is -2.16. The Bertz CT molecular complexity index is 1020. The van der Waals surface area contributed by atoms with Crippen molar-refractivity contribution in [3.8, 4) is 0 Å². The number of hydrogen-bond donors (Lipinski definition) is 0. The summed E-state index contributed by atoms with van der Waals surface area (Å²) in [7, 11) is 0. The molecule has 128 valence electrons. The zero-order chi connectivity index (χ0) is 18.0. The highest BCUT2D eigenvalue weighted by molar-refractivity contribution is 7.98. The highest BCUT2D eigenvalue weighted by atomic mass is 35.5. The van der Waals surface area contributed by atoms with E-state index in [2.05, 4.69) is 11.6 Å². The number of thioether (sulfide) groups is 1. The molecular weight excluding hydrogens is 395 g/mol. The lowest BCUT2D eigenvalue weighted by Gasteiger charge is -2.03. The third-order valence-corrected chi connectivity index (χ3v) is 6.16. The quantitative estimate of drug-likeness (QED) is 0.412. The first-order valence-corrected chi connectivity index (χ1v) is 10.2. The highest BCUT2D eigenvalue weighted by Gasteiger charge is 2.13. The summed E-state index contributed by atoms with van der Waals surface area (Å²) in [4.78, 5) is 18.5. The molecule has 0 saturated carbocycles. The van der Waals surface area contributed by atoms with E-state index in [1.807, 2.05) is 23.0 Å². The van der Waals surface area contributed by atoms with Crippen molar-refractivity contribution in [3.63, 3.8) is 0 Å². The fraction of sp³-hybridized carbons (Fsp3) is 0.111. The van der Waals surface area contributed by atoms with Gasteiger partial charge in [-0.15, -0.1) is 18.3 Å². The van der Waals surface area contributed by atoms with E-state index in [1.165, 1.54) is 11.3 Å². The zero-order valence-electron chi connectivity index (χ0n) is 13.3. The Balaban J connectivity index is 2.16. The maximum absolute atomic E-state index is 12.5. The molecule has 0 spiro atoms. The first-order chi connectivity index (χ1) is 12.0. The van der Waals surface area contributed by atoms with Crippen LogP contribution in [0.25, 0.3) is 10.2 Å². The number of aromatic nitrogens is 1. The Morgan fingerprint density at radius 1 is 1.24 bits per heavy atom. The first kappa shape index (κ1) is 18.3. The Morgan fingerprint density at radius 3 is 2.56 bits per heavy atom. The van der Waals surface area contributed by atoms with Crippen LogP contribution in [0.2, 0.25) is 10.0 Å². The van der Waals surface area contributed by atoms with Crippen molar-refractivity contribution in [2.75, 3.05) is 6.26 Å². The van der Waals surface area contributed by atoms with Gasteiger partial charge < -0.3 is 4.57 Å². The molecule has 7 heteroatoms. The zero-order valence-corrected chi connectivity index (χ0v) is 16.5. The summed E-state index contributed by atoms with van der Waals surface area (Å²) in [6.45, 7) is 4.25. The summed E-state index contributed by atoms with van der Waals surface area (Å²) in [5, 5.41) is 1.15. The molecule has 1 amide bonds. The van der Waals surface area contributed by atoms with E-state index in [0.717, 1.165) is 15.1 Å². The molecule has 0 N–H and O–H groups in total. The normalized spacial score (nSPS) is 11.9. The summed E-state index contributed by atoms with van der Waals surface area (Å²) in [5.41, 5.74) is 1.31. The number of hydrogen-bond acceptors (Lipinski definition) is 3. The summed E-state index contributed by atoms with van der Waals surface area (Å²) in [5.74, 6) is -0.302. The van der Waals surface area contributed by atoms with Gasteiger partial charge in [0.1, 0.15) is 0 Å². The molecule has 0 radical (unpaired) electrons. The number of halogens is 2. The molecule has 1 heterocycles. The Labute approximate surface area is 163 Å². The topological polar surface area (TPSA) is 34.4 Å². The predicted octanol–water partition coefficient (Wildman–Crippen LogP) is 5.66. The monoisotopic (exact) mass is 408 g/mol. The predicted molar refractivity (Wildman–Crippen MR) is 108 cm³/mol. The first-order valence-electron chi connectivity index (χ1n) is 7.36. The van der Waals surface area contributed by atoms with Crippen molar-refractivity contribution >= 4 is 62.4 Å². The number of nitrogens with zero attached hydrogens (tertiary/aromatic N) is 2. The average molecular weight is 409 g/mol. The molecule has 0 unspecified atom stereocenters. The molecule has 3 rings (SSSR count). The summed E-state index contributed by atoms with van der Waals surface area (Å²) < 4.78 is 2.66. The van der Waals surface area contributed by atoms with Gasteiger partial charge in [0.15, 0.2) is 4.80 Å². The van der Waals surface area contributed by atoms with E-state index in [1.54, 1.807) is 42.1 Å². The van der Waals surface area contributed by atoms with E-state index in [-0.39, 0.29) is 5.91 Å². The second kappa shape index (κ2) is 7.79. The second-order valence-electron chi connectivity index (χ2n) is 5.14. The van der Waals surface area contributed by atoms with Crippen molar-refractivity contribution < 1.29 is 4.79 Å². The number of thiazole rings is 1. The summed E-state index contributed by atoms with van der Waals surface area (Å²) >= 11 is 15.6. The molecule has 3 aromatic rings. The molecule has 3 nitrogen and oxygen atoms in total. The van der Waals surface area contributed by atoms with Crippen LogP contribution in [0.1, 0.15) is 10.4 Å². The molecule has 0 atom stereocenters. The van der Waals surface area contributed by atoms with Gasteiger partial charge in [0.2, 0.25) is 0 Å². The van der Waals surface area contributed by atoms with Crippen molar-refractivity contribution in [1.82, 2.24) is 4.57 Å². The van der Waals surface area contributed by atoms with E-state index in [4.69, 9.17) is 23.2 Å². The maximum Gasteiger partial charge on any atom is 0.279 e. The molecule has 0 saturated heterocycles. The minimum Gasteiger partial charge on any atom is -0.311 e. The van der Waals surface area contributed by atoms with Gasteiger partial charge in [-0.1, -0.05) is 40.6 Å². The summed E-state index contributed by atoms with van der Waals surface area (Å²) in [6, 6.07) is 10.9. The highest BCUT2D eigenvalue weighted by Crippen LogP contribution is 2.31. The molecule has 2 aromatic carbocycles. The van der Waals surface area contributed by atoms with E-state index in [0.29, 0.717) is 27.0 Å². The van der Waals surface area contributed by atoms with Crippen LogP contribution in [0.3, 0.4) is 0 Å². The second-order valence-corrected chi connectivity index (χ2v) is 7.81. The third-order valence-electron chi connectivity index (χ3n) is 3.57. The van der Waals surface area contributed by atoms with Gasteiger partial charge in [0.05, 0.1) is 20.3 Å². The van der Waals surface area contributed by atoms with Crippen LogP contribution in [0.5, 0.6) is 0 Å². The van der Waals surface area contributed by atoms with Gasteiger partial charge in [0.25, 0.3) is 5.91 Å². The number of benzene rings is 2. The van der Waals surface area contributed by atoms with Crippen molar-refractivity contribution in [3.05, 3.63) is 69.5 Å². The lowest BCUT2D eigenvalue weighted by molar-refractivity contribution is 0.0998. The maximum atomic E-state index is 12.5. The number of fused-ring (bicyclic) bond motifs is 1. The van der Waals surface area contributed by atoms with Crippen LogP contribution in [0.15, 0.2) is 58.9 Å². The van der Waals surface area contributed by atoms with Gasteiger partial charge in [-0.3, -0.25) is 4.79 Å². The molecule has 0 aliphatic heterocycles. The van der Waals surface area contributed by atoms with Crippen LogP contribution in [-0.2, 0) is 6.54 Å². The molecular formula is C18H14Cl2N2OS2. The van der Waals surface area contributed by atoms with Crippen LogP contribution >= 0.6 is 46.3 Å². The number of rotatable bonds is 4. The molecule has 25 heavy (non-hydrogen) atoms. The van der Waals surface area contributed by atoms with Gasteiger partial charge in [-0.2, -0.15) is 4.99 Å². The van der Waals surface area contributed by atoms with Crippen LogP contribution in [-0.4, -0.2) is 16.7 Å².